The first-order valence-electron chi connectivity index (χ1n) is 11.0. The van der Waals surface area contributed by atoms with Crippen LogP contribution in [-0.4, -0.2) is 47.7 Å². The van der Waals surface area contributed by atoms with Gasteiger partial charge in [-0.1, -0.05) is 0 Å². The molecule has 0 unspecified atom stereocenters. The van der Waals surface area contributed by atoms with E-state index in [0.29, 0.717) is 53.8 Å². The van der Waals surface area contributed by atoms with Crippen molar-refractivity contribution in [1.82, 2.24) is 4.90 Å². The van der Waals surface area contributed by atoms with Crippen LogP contribution in [0.5, 0.6) is 11.5 Å². The lowest BCUT2D eigenvalue weighted by Gasteiger charge is -2.33. The van der Waals surface area contributed by atoms with Crippen LogP contribution < -0.4 is 15.1 Å². The summed E-state index contributed by atoms with van der Waals surface area (Å²) < 4.78 is 17.4. The van der Waals surface area contributed by atoms with Crippen molar-refractivity contribution < 1.29 is 28.6 Å². The molecule has 1 N–H and O–H groups in total. The number of hydrogen-bond donors (Lipinski definition) is 1. The molecule has 0 saturated carbocycles. The molecule has 3 heterocycles. The lowest BCUT2D eigenvalue weighted by atomic mass is 9.91. The number of aliphatic carboxylic acids is 1. The third kappa shape index (κ3) is 3.94. The van der Waals surface area contributed by atoms with E-state index in [1.807, 2.05) is 19.9 Å². The molecule has 2 aliphatic heterocycles. The van der Waals surface area contributed by atoms with Crippen LogP contribution in [-0.2, 0) is 22.4 Å². The fraction of sp³-hybridized carbons (Fsp3) is 0.542. The summed E-state index contributed by atoms with van der Waals surface area (Å²) in [5.41, 5.74) is 1.30. The number of hydrogen-bond acceptors (Lipinski definition) is 6. The number of carbonyl (C=O) groups excluding carboxylic acids is 1. The molecule has 1 aromatic carbocycles. The summed E-state index contributed by atoms with van der Waals surface area (Å²) in [7, 11) is 1.55. The van der Waals surface area contributed by atoms with Gasteiger partial charge < -0.3 is 23.9 Å². The molecule has 8 nitrogen and oxygen atoms in total. The molecular weight excluding hydrogens is 414 g/mol. The standard InChI is InChI=1S/C24H29NO7/c1-13-16(10-19(26)25-9-5-6-14(12-25)22(27)28)23(29)31-21-15-7-8-24(2,3)32-17(15)11-18(30-4)20(13)21/h11,14H,5-10,12H2,1-4H3,(H,27,28)/t14-/m0/s1. The molecule has 0 spiro atoms. The summed E-state index contributed by atoms with van der Waals surface area (Å²) in [4.78, 5) is 38.8. The summed E-state index contributed by atoms with van der Waals surface area (Å²) in [6, 6.07) is 1.82. The van der Waals surface area contributed by atoms with Crippen LogP contribution in [0.2, 0.25) is 0 Å². The first-order valence-corrected chi connectivity index (χ1v) is 11.0. The Morgan fingerprint density at radius 1 is 1.34 bits per heavy atom. The van der Waals surface area contributed by atoms with Crippen molar-refractivity contribution in [1.29, 1.82) is 0 Å². The highest BCUT2D eigenvalue weighted by Gasteiger charge is 2.32. The quantitative estimate of drug-likeness (QED) is 0.724. The summed E-state index contributed by atoms with van der Waals surface area (Å²) in [5.74, 6) is -0.575. The Morgan fingerprint density at radius 3 is 2.78 bits per heavy atom. The summed E-state index contributed by atoms with van der Waals surface area (Å²) in [5, 5.41) is 9.96. The highest BCUT2D eigenvalue weighted by atomic mass is 16.5. The zero-order valence-electron chi connectivity index (χ0n) is 18.9. The molecule has 1 aromatic heterocycles. The highest BCUT2D eigenvalue weighted by molar-refractivity contribution is 5.93. The number of fused-ring (bicyclic) bond motifs is 3. The lowest BCUT2D eigenvalue weighted by molar-refractivity contribution is -0.145. The van der Waals surface area contributed by atoms with Gasteiger partial charge in [0.2, 0.25) is 5.91 Å². The summed E-state index contributed by atoms with van der Waals surface area (Å²) in [6.07, 6.45) is 2.53. The Kier molecular flexibility index (Phi) is 5.65. The van der Waals surface area contributed by atoms with E-state index in [0.717, 1.165) is 12.0 Å². The predicted octanol–water partition coefficient (Wildman–Crippen LogP) is 3.08. The van der Waals surface area contributed by atoms with E-state index < -0.39 is 17.5 Å². The van der Waals surface area contributed by atoms with Crippen LogP contribution in [0.4, 0.5) is 0 Å². The second-order valence-corrected chi connectivity index (χ2v) is 9.31. The molecule has 0 radical (unpaired) electrons. The van der Waals surface area contributed by atoms with E-state index in [2.05, 4.69) is 0 Å². The van der Waals surface area contributed by atoms with Gasteiger partial charge in [-0.05, 0) is 52.0 Å². The van der Waals surface area contributed by atoms with Gasteiger partial charge in [0.1, 0.15) is 22.7 Å². The molecule has 2 aliphatic rings. The SMILES string of the molecule is COc1cc2c(c3oc(=O)c(CC(=O)N4CCC[C@H](C(=O)O)C4)c(C)c13)CCC(C)(C)O2. The average Bonchev–Trinajstić information content (AvgIpc) is 2.74. The molecular formula is C24H29NO7. The average molecular weight is 443 g/mol. The Labute approximate surface area is 186 Å². The summed E-state index contributed by atoms with van der Waals surface area (Å²) >= 11 is 0. The molecule has 8 heteroatoms. The van der Waals surface area contributed by atoms with Gasteiger partial charge in [-0.15, -0.1) is 0 Å². The number of aryl methyl sites for hydroxylation is 2. The maximum atomic E-state index is 12.9. The molecule has 1 fully saturated rings. The smallest absolute Gasteiger partial charge is 0.340 e. The van der Waals surface area contributed by atoms with E-state index in [4.69, 9.17) is 13.9 Å². The number of piperidine rings is 1. The number of likely N-dealkylation sites (tertiary alicyclic amines) is 1. The minimum atomic E-state index is -0.899. The van der Waals surface area contributed by atoms with Crippen molar-refractivity contribution in [3.63, 3.8) is 0 Å². The van der Waals surface area contributed by atoms with Crippen LogP contribution in [0.15, 0.2) is 15.3 Å². The number of carboxylic acids is 1. The van der Waals surface area contributed by atoms with Crippen LogP contribution >= 0.6 is 0 Å². The van der Waals surface area contributed by atoms with Crippen molar-refractivity contribution in [3.05, 3.63) is 33.2 Å². The van der Waals surface area contributed by atoms with Crippen LogP contribution in [0.3, 0.4) is 0 Å². The van der Waals surface area contributed by atoms with Crippen molar-refractivity contribution in [2.24, 2.45) is 5.92 Å². The molecule has 4 rings (SSSR count). The minimum Gasteiger partial charge on any atom is -0.496 e. The number of amides is 1. The van der Waals surface area contributed by atoms with Gasteiger partial charge in [0, 0.05) is 24.7 Å². The van der Waals surface area contributed by atoms with Crippen LogP contribution in [0, 0.1) is 12.8 Å². The highest BCUT2D eigenvalue weighted by Crippen LogP contribution is 2.43. The van der Waals surface area contributed by atoms with Gasteiger partial charge in [0.05, 0.1) is 30.4 Å². The second-order valence-electron chi connectivity index (χ2n) is 9.31. The number of methoxy groups -OCH3 is 1. The number of ether oxygens (including phenoxy) is 2. The molecule has 0 aliphatic carbocycles. The van der Waals surface area contributed by atoms with E-state index in [1.165, 1.54) is 4.90 Å². The maximum Gasteiger partial charge on any atom is 0.340 e. The van der Waals surface area contributed by atoms with E-state index in [-0.39, 0.29) is 30.0 Å². The van der Waals surface area contributed by atoms with Gasteiger partial charge >= 0.3 is 11.6 Å². The zero-order valence-corrected chi connectivity index (χ0v) is 18.9. The number of rotatable bonds is 4. The van der Waals surface area contributed by atoms with Gasteiger partial charge in [0.15, 0.2) is 0 Å². The molecule has 0 bridgehead atoms. The minimum absolute atomic E-state index is 0.139. The zero-order chi connectivity index (χ0) is 23.2. The Balaban J connectivity index is 1.73. The third-order valence-corrected chi connectivity index (χ3v) is 6.61. The normalized spacial score (nSPS) is 19.9. The topological polar surface area (TPSA) is 106 Å². The first-order chi connectivity index (χ1) is 15.1. The van der Waals surface area contributed by atoms with Gasteiger partial charge in [-0.2, -0.15) is 0 Å². The molecule has 32 heavy (non-hydrogen) atoms. The monoisotopic (exact) mass is 443 g/mol. The lowest BCUT2D eigenvalue weighted by Crippen LogP contribution is -2.43. The van der Waals surface area contributed by atoms with Crippen molar-refractivity contribution >= 4 is 22.8 Å². The van der Waals surface area contributed by atoms with E-state index in [9.17, 15) is 19.5 Å². The Morgan fingerprint density at radius 2 is 2.09 bits per heavy atom. The molecule has 1 saturated heterocycles. The largest absolute Gasteiger partial charge is 0.496 e. The van der Waals surface area contributed by atoms with E-state index >= 15 is 0 Å². The van der Waals surface area contributed by atoms with Crippen molar-refractivity contribution in [2.45, 2.75) is 58.5 Å². The summed E-state index contributed by atoms with van der Waals surface area (Å²) in [6.45, 7) is 6.47. The Bertz CT molecular complexity index is 1150. The maximum absolute atomic E-state index is 12.9. The fourth-order valence-electron chi connectivity index (χ4n) is 4.72. The van der Waals surface area contributed by atoms with Gasteiger partial charge in [-0.3, -0.25) is 9.59 Å². The molecule has 172 valence electrons. The van der Waals surface area contributed by atoms with Gasteiger partial charge in [0.25, 0.3) is 0 Å². The van der Waals surface area contributed by atoms with Crippen molar-refractivity contribution in [3.8, 4) is 11.5 Å². The number of carbonyl (C=O) groups is 2. The molecule has 2 aromatic rings. The number of nitrogens with zero attached hydrogens (tertiary/aromatic N) is 1. The molecule has 1 atom stereocenters. The van der Waals surface area contributed by atoms with Crippen LogP contribution in [0.1, 0.15) is 49.8 Å². The van der Waals surface area contributed by atoms with E-state index in [1.54, 1.807) is 14.0 Å². The first kappa shape index (κ1) is 22.2. The third-order valence-electron chi connectivity index (χ3n) is 6.61. The number of benzene rings is 1. The Hall–Kier alpha value is -3.03. The van der Waals surface area contributed by atoms with Gasteiger partial charge in [-0.25, -0.2) is 4.79 Å². The van der Waals surface area contributed by atoms with Crippen molar-refractivity contribution in [2.75, 3.05) is 20.2 Å². The second kappa shape index (κ2) is 8.15. The fourth-order valence-corrected chi connectivity index (χ4v) is 4.72. The molecule has 1 amide bonds. The van der Waals surface area contributed by atoms with Crippen LogP contribution in [0.25, 0.3) is 11.0 Å². The predicted molar refractivity (Wildman–Crippen MR) is 117 cm³/mol. The number of carboxylic acid groups (broad SMARTS) is 1.